The van der Waals surface area contributed by atoms with E-state index in [4.69, 9.17) is 0 Å². The van der Waals surface area contributed by atoms with Crippen molar-refractivity contribution in [1.29, 1.82) is 0 Å². The summed E-state index contributed by atoms with van der Waals surface area (Å²) < 4.78 is 0. The second-order valence-electron chi connectivity index (χ2n) is 5.15. The number of hydrogen-bond acceptors (Lipinski definition) is 4. The Morgan fingerprint density at radius 2 is 2.00 bits per heavy atom. The van der Waals surface area contributed by atoms with Crippen LogP contribution in [0.2, 0.25) is 0 Å². The summed E-state index contributed by atoms with van der Waals surface area (Å²) in [5.41, 5.74) is 0.991. The topological polar surface area (TPSA) is 36.4 Å². The zero-order valence-corrected chi connectivity index (χ0v) is 10.6. The minimum Gasteiger partial charge on any atom is -0.354 e. The van der Waals surface area contributed by atoms with Crippen molar-refractivity contribution in [2.45, 2.75) is 25.3 Å². The smallest absolute Gasteiger partial charge is 0.128 e. The predicted octanol–water partition coefficient (Wildman–Crippen LogP) is 1.11. The van der Waals surface area contributed by atoms with Crippen LogP contribution in [0.1, 0.15) is 18.4 Å². The van der Waals surface area contributed by atoms with E-state index in [2.05, 4.69) is 14.8 Å². The summed E-state index contributed by atoms with van der Waals surface area (Å²) in [6.07, 6.45) is 5.97. The molecule has 0 spiro atoms. The van der Waals surface area contributed by atoms with Gasteiger partial charge in [-0.25, -0.2) is 4.98 Å². The maximum absolute atomic E-state index is 10.4. The fraction of sp³-hybridized carbons (Fsp3) is 0.571. The zero-order chi connectivity index (χ0) is 12.4. The van der Waals surface area contributed by atoms with Crippen LogP contribution >= 0.6 is 0 Å². The van der Waals surface area contributed by atoms with Gasteiger partial charge in [0.1, 0.15) is 12.1 Å². The van der Waals surface area contributed by atoms with Gasteiger partial charge in [-0.15, -0.1) is 0 Å². The summed E-state index contributed by atoms with van der Waals surface area (Å²) in [5.74, 6) is 1.04. The van der Waals surface area contributed by atoms with E-state index in [-0.39, 0.29) is 0 Å². The summed E-state index contributed by atoms with van der Waals surface area (Å²) >= 11 is 0. The molecule has 96 valence electrons. The molecule has 1 aromatic heterocycles. The van der Waals surface area contributed by atoms with E-state index in [1.165, 1.54) is 12.8 Å². The van der Waals surface area contributed by atoms with Crippen molar-refractivity contribution < 1.29 is 4.79 Å². The van der Waals surface area contributed by atoms with Gasteiger partial charge in [0.15, 0.2) is 0 Å². The molecule has 0 atom stereocenters. The third kappa shape index (κ3) is 2.53. The monoisotopic (exact) mass is 245 g/mol. The molecule has 0 N–H and O–H groups in total. The lowest BCUT2D eigenvalue weighted by molar-refractivity contribution is -0.107. The molecule has 1 aromatic rings. The molecule has 4 nitrogen and oxygen atoms in total. The minimum atomic E-state index is 0.461. The average molecular weight is 245 g/mol. The van der Waals surface area contributed by atoms with Crippen LogP contribution in [-0.4, -0.2) is 48.4 Å². The second-order valence-corrected chi connectivity index (χ2v) is 5.15. The largest absolute Gasteiger partial charge is 0.354 e. The lowest BCUT2D eigenvalue weighted by atomic mass is 10.2. The number of rotatable bonds is 4. The van der Waals surface area contributed by atoms with Gasteiger partial charge in [0.05, 0.1) is 0 Å². The second kappa shape index (κ2) is 5.06. The summed E-state index contributed by atoms with van der Waals surface area (Å²) in [7, 11) is 0. The molecule has 2 heterocycles. The molecular weight excluding hydrogens is 226 g/mol. The Balaban J connectivity index is 1.59. The molecule has 2 fully saturated rings. The third-order valence-corrected chi connectivity index (χ3v) is 3.83. The van der Waals surface area contributed by atoms with Crippen molar-refractivity contribution in [3.63, 3.8) is 0 Å². The van der Waals surface area contributed by atoms with Crippen molar-refractivity contribution in [1.82, 2.24) is 9.88 Å². The van der Waals surface area contributed by atoms with E-state index < -0.39 is 0 Å². The Morgan fingerprint density at radius 3 is 2.56 bits per heavy atom. The van der Waals surface area contributed by atoms with Gasteiger partial charge in [0, 0.05) is 44.8 Å². The van der Waals surface area contributed by atoms with Crippen molar-refractivity contribution in [3.05, 3.63) is 23.9 Å². The first-order valence-electron chi connectivity index (χ1n) is 6.74. The predicted molar refractivity (Wildman–Crippen MR) is 70.8 cm³/mol. The molecule has 1 saturated heterocycles. The van der Waals surface area contributed by atoms with Crippen LogP contribution in [0.5, 0.6) is 0 Å². The van der Waals surface area contributed by atoms with E-state index in [1.54, 1.807) is 0 Å². The van der Waals surface area contributed by atoms with Gasteiger partial charge in [0.2, 0.25) is 0 Å². The standard InChI is InChI=1S/C14H19N3O/c18-10-5-12-1-4-14(15-11-12)17-8-6-16(7-9-17)13-2-3-13/h1,4,10-11,13H,2-3,5-9H2. The highest BCUT2D eigenvalue weighted by atomic mass is 16.1. The summed E-state index contributed by atoms with van der Waals surface area (Å²) in [4.78, 5) is 19.8. The van der Waals surface area contributed by atoms with E-state index in [0.29, 0.717) is 6.42 Å². The Labute approximate surface area is 108 Å². The highest BCUT2D eigenvalue weighted by molar-refractivity contribution is 5.55. The number of nitrogens with zero attached hydrogens (tertiary/aromatic N) is 3. The maximum Gasteiger partial charge on any atom is 0.128 e. The quantitative estimate of drug-likeness (QED) is 0.745. The lowest BCUT2D eigenvalue weighted by Crippen LogP contribution is -2.47. The number of aldehydes is 1. The third-order valence-electron chi connectivity index (χ3n) is 3.83. The van der Waals surface area contributed by atoms with Crippen LogP contribution in [0.4, 0.5) is 5.82 Å². The number of piperazine rings is 1. The van der Waals surface area contributed by atoms with Crippen LogP contribution in [0.3, 0.4) is 0 Å². The van der Waals surface area contributed by atoms with E-state index in [0.717, 1.165) is 49.9 Å². The molecular formula is C14H19N3O. The SMILES string of the molecule is O=CCc1ccc(N2CCN(C3CC3)CC2)nc1. The van der Waals surface area contributed by atoms with Crippen LogP contribution in [0.25, 0.3) is 0 Å². The number of hydrogen-bond donors (Lipinski definition) is 0. The fourth-order valence-electron chi connectivity index (χ4n) is 2.58. The number of carbonyl (C=O) groups excluding carboxylic acids is 1. The van der Waals surface area contributed by atoms with Gasteiger partial charge in [-0.3, -0.25) is 4.90 Å². The van der Waals surface area contributed by atoms with Gasteiger partial charge in [-0.2, -0.15) is 0 Å². The first-order chi connectivity index (χ1) is 8.86. The van der Waals surface area contributed by atoms with E-state index in [9.17, 15) is 4.79 Å². The lowest BCUT2D eigenvalue weighted by Gasteiger charge is -2.35. The highest BCUT2D eigenvalue weighted by Crippen LogP contribution is 2.28. The van der Waals surface area contributed by atoms with Crippen molar-refractivity contribution >= 4 is 12.1 Å². The van der Waals surface area contributed by atoms with Crippen molar-refractivity contribution in [2.75, 3.05) is 31.1 Å². The van der Waals surface area contributed by atoms with Crippen LogP contribution in [0.15, 0.2) is 18.3 Å². The van der Waals surface area contributed by atoms with Crippen LogP contribution in [0, 0.1) is 0 Å². The normalized spacial score (nSPS) is 21.0. The first-order valence-corrected chi connectivity index (χ1v) is 6.74. The van der Waals surface area contributed by atoms with E-state index >= 15 is 0 Å². The molecule has 4 heteroatoms. The van der Waals surface area contributed by atoms with Crippen molar-refractivity contribution in [2.24, 2.45) is 0 Å². The molecule has 0 aromatic carbocycles. The molecule has 1 aliphatic carbocycles. The molecule has 18 heavy (non-hydrogen) atoms. The molecule has 0 bridgehead atoms. The minimum absolute atomic E-state index is 0.461. The average Bonchev–Trinajstić information content (AvgIpc) is 3.25. The molecule has 1 saturated carbocycles. The van der Waals surface area contributed by atoms with E-state index in [1.807, 2.05) is 18.3 Å². The van der Waals surface area contributed by atoms with Gasteiger partial charge in [-0.05, 0) is 24.5 Å². The number of carbonyl (C=O) groups is 1. The fourth-order valence-corrected chi connectivity index (χ4v) is 2.58. The van der Waals surface area contributed by atoms with Gasteiger partial charge in [-0.1, -0.05) is 6.07 Å². The number of pyridine rings is 1. The zero-order valence-electron chi connectivity index (χ0n) is 10.6. The Bertz CT molecular complexity index is 406. The molecule has 2 aliphatic rings. The summed E-state index contributed by atoms with van der Waals surface area (Å²) in [6.45, 7) is 4.44. The molecule has 0 unspecified atom stereocenters. The number of anilines is 1. The highest BCUT2D eigenvalue weighted by Gasteiger charge is 2.31. The van der Waals surface area contributed by atoms with Crippen molar-refractivity contribution in [3.8, 4) is 0 Å². The van der Waals surface area contributed by atoms with Gasteiger partial charge >= 0.3 is 0 Å². The first kappa shape index (κ1) is 11.7. The molecule has 3 rings (SSSR count). The van der Waals surface area contributed by atoms with Gasteiger partial charge in [0.25, 0.3) is 0 Å². The molecule has 1 aliphatic heterocycles. The molecule has 0 amide bonds. The molecule has 0 radical (unpaired) electrons. The maximum atomic E-state index is 10.4. The summed E-state index contributed by atoms with van der Waals surface area (Å²) in [5, 5.41) is 0. The van der Waals surface area contributed by atoms with Crippen LogP contribution in [-0.2, 0) is 11.2 Å². The Kier molecular flexibility index (Phi) is 3.28. The number of aromatic nitrogens is 1. The Morgan fingerprint density at radius 1 is 1.22 bits per heavy atom. The Hall–Kier alpha value is -1.42. The van der Waals surface area contributed by atoms with Gasteiger partial charge < -0.3 is 9.69 Å². The summed E-state index contributed by atoms with van der Waals surface area (Å²) in [6, 6.07) is 4.91. The van der Waals surface area contributed by atoms with Crippen LogP contribution < -0.4 is 4.90 Å².